The Kier molecular flexibility index (Phi) is 48.7. The lowest BCUT2D eigenvalue weighted by molar-refractivity contribution is -0.870. The van der Waals surface area contributed by atoms with Crippen LogP contribution in [0.1, 0.15) is 232 Å². The lowest BCUT2D eigenvalue weighted by atomic mass is 10.0. The molecule has 0 N–H and O–H groups in total. The number of carboxylic acid groups (broad SMARTS) is 1. The highest BCUT2D eigenvalue weighted by atomic mass is 16.7. The molecule has 2 unspecified atom stereocenters. The van der Waals surface area contributed by atoms with Gasteiger partial charge in [-0.3, -0.25) is 9.59 Å². The smallest absolute Gasteiger partial charge is 0.310 e. The first-order valence-corrected chi connectivity index (χ1v) is 28.1. The Morgan fingerprint density at radius 2 is 0.870 bits per heavy atom. The topological polar surface area (TPSA) is 111 Å². The maximum absolute atomic E-state index is 12.7. The van der Waals surface area contributed by atoms with Crippen molar-refractivity contribution in [1.29, 1.82) is 0 Å². The Morgan fingerprint density at radius 3 is 1.29 bits per heavy atom. The van der Waals surface area contributed by atoms with Crippen molar-refractivity contribution in [1.82, 2.24) is 0 Å². The van der Waals surface area contributed by atoms with Crippen molar-refractivity contribution in [3.8, 4) is 0 Å². The predicted molar refractivity (Wildman–Crippen MR) is 288 cm³/mol. The summed E-state index contributed by atoms with van der Waals surface area (Å²) in [5.74, 6) is -2.45. The number of unbranched alkanes of at least 4 members (excludes halogenated alkanes) is 25. The number of carbonyl (C=O) groups excluding carboxylic acids is 3. The number of hydrogen-bond acceptors (Lipinski definition) is 8. The number of esters is 2. The molecule has 398 valence electrons. The number of rotatable bonds is 51. The minimum Gasteiger partial charge on any atom is -0.545 e. The van der Waals surface area contributed by atoms with Gasteiger partial charge in [0.05, 0.1) is 46.7 Å². The molecule has 9 heteroatoms. The molecule has 0 aliphatic carbocycles. The number of nitrogens with zero attached hydrogens (tertiary/aromatic N) is 1. The molecule has 0 saturated carbocycles. The van der Waals surface area contributed by atoms with E-state index in [0.717, 1.165) is 44.9 Å². The zero-order valence-electron chi connectivity index (χ0n) is 45.2. The Morgan fingerprint density at radius 1 is 0.464 bits per heavy atom. The Labute approximate surface area is 424 Å². The zero-order chi connectivity index (χ0) is 50.6. The summed E-state index contributed by atoms with van der Waals surface area (Å²) in [6.07, 6.45) is 62.9. The number of allylic oxidation sites excluding steroid dienone is 11. The van der Waals surface area contributed by atoms with Gasteiger partial charge in [0.1, 0.15) is 13.2 Å². The zero-order valence-corrected chi connectivity index (χ0v) is 45.2. The van der Waals surface area contributed by atoms with Gasteiger partial charge in [0.15, 0.2) is 12.4 Å². The summed E-state index contributed by atoms with van der Waals surface area (Å²) in [6, 6.07) is 0. The SMILES string of the molecule is CC/C=C\C/C=C\C/C=C\C/C=C\C/C=C\CC(=O)OC(COC(=O)CCCCCCCCCCCCCCCCCCC/C=C\CCCCCCCCCC)COC(OCC[N+](C)(C)C)C(=O)[O-]. The maximum Gasteiger partial charge on any atom is 0.310 e. The third-order valence-corrected chi connectivity index (χ3v) is 12.0. The quantitative estimate of drug-likeness (QED) is 0.0195. The molecule has 0 amide bonds. The summed E-state index contributed by atoms with van der Waals surface area (Å²) < 4.78 is 22.5. The third-order valence-electron chi connectivity index (χ3n) is 12.0. The second-order valence-electron chi connectivity index (χ2n) is 19.9. The van der Waals surface area contributed by atoms with E-state index in [0.29, 0.717) is 17.4 Å². The molecule has 0 aromatic rings. The van der Waals surface area contributed by atoms with Crippen LogP contribution in [-0.4, -0.2) is 82.3 Å². The van der Waals surface area contributed by atoms with Crippen LogP contribution in [0.2, 0.25) is 0 Å². The van der Waals surface area contributed by atoms with Crippen LogP contribution in [0.5, 0.6) is 0 Å². The van der Waals surface area contributed by atoms with E-state index in [-0.39, 0.29) is 38.6 Å². The first kappa shape index (κ1) is 65.7. The molecule has 0 heterocycles. The predicted octanol–water partition coefficient (Wildman–Crippen LogP) is 14.9. The highest BCUT2D eigenvalue weighted by Crippen LogP contribution is 2.16. The van der Waals surface area contributed by atoms with E-state index in [1.165, 1.54) is 154 Å². The lowest BCUT2D eigenvalue weighted by Gasteiger charge is -2.26. The molecule has 9 nitrogen and oxygen atoms in total. The van der Waals surface area contributed by atoms with Gasteiger partial charge in [0, 0.05) is 6.42 Å². The van der Waals surface area contributed by atoms with Crippen LogP contribution >= 0.6 is 0 Å². The largest absolute Gasteiger partial charge is 0.545 e. The van der Waals surface area contributed by atoms with E-state index in [9.17, 15) is 19.5 Å². The fourth-order valence-corrected chi connectivity index (χ4v) is 7.67. The van der Waals surface area contributed by atoms with Gasteiger partial charge in [-0.15, -0.1) is 0 Å². The van der Waals surface area contributed by atoms with E-state index < -0.39 is 24.3 Å². The van der Waals surface area contributed by atoms with Gasteiger partial charge in [-0.1, -0.05) is 228 Å². The standard InChI is InChI=1S/C60H105NO8/c1-6-8-10-12-14-16-18-20-22-23-24-25-26-27-28-29-30-31-32-33-34-35-37-38-40-42-44-46-48-50-57(62)67-54-56(55-68-60(59(64)65)66-53-52-61(3,4)5)69-58(63)51-49-47-45-43-41-39-36-21-19-17-15-13-11-9-7-2/h9,11,15,17,21,23-24,36,41,43,47,49,56,60H,6-8,10,12-14,16,18-20,22,25-35,37-40,42,44-46,48,50-55H2,1-5H3/b11-9-,17-15-,24-23-,36-21-,43-41-,49-47-. The Bertz CT molecular complexity index is 1360. The highest BCUT2D eigenvalue weighted by molar-refractivity contribution is 5.71. The van der Waals surface area contributed by atoms with Crippen molar-refractivity contribution < 1.29 is 42.9 Å². The summed E-state index contributed by atoms with van der Waals surface area (Å²) >= 11 is 0. The number of likely N-dealkylation sites (N-methyl/N-ethyl adjacent to an activating group) is 1. The Balaban J connectivity index is 4.21. The van der Waals surface area contributed by atoms with E-state index >= 15 is 0 Å². The van der Waals surface area contributed by atoms with Crippen molar-refractivity contribution >= 4 is 17.9 Å². The van der Waals surface area contributed by atoms with Crippen molar-refractivity contribution in [2.45, 2.75) is 245 Å². The van der Waals surface area contributed by atoms with Crippen molar-refractivity contribution in [3.63, 3.8) is 0 Å². The number of carboxylic acids is 1. The van der Waals surface area contributed by atoms with Crippen LogP contribution in [0.4, 0.5) is 0 Å². The number of aliphatic carboxylic acids is 1. The summed E-state index contributed by atoms with van der Waals surface area (Å²) in [4.78, 5) is 37.1. The molecule has 0 bridgehead atoms. The fraction of sp³-hybridized carbons (Fsp3) is 0.750. The molecule has 2 atom stereocenters. The minimum atomic E-state index is -1.65. The van der Waals surface area contributed by atoms with Gasteiger partial charge in [0.2, 0.25) is 0 Å². The second-order valence-corrected chi connectivity index (χ2v) is 19.9. The number of hydrogen-bond donors (Lipinski definition) is 0. The van der Waals surface area contributed by atoms with E-state index in [4.69, 9.17) is 18.9 Å². The maximum atomic E-state index is 12.7. The van der Waals surface area contributed by atoms with Gasteiger partial charge >= 0.3 is 11.9 Å². The molecule has 0 aromatic carbocycles. The van der Waals surface area contributed by atoms with Gasteiger partial charge < -0.3 is 33.3 Å². The molecular formula is C60H105NO8. The number of ether oxygens (including phenoxy) is 4. The third kappa shape index (κ3) is 52.4. The van der Waals surface area contributed by atoms with E-state index in [1.54, 1.807) is 6.08 Å². The minimum absolute atomic E-state index is 0.0141. The summed E-state index contributed by atoms with van der Waals surface area (Å²) in [7, 11) is 5.89. The lowest BCUT2D eigenvalue weighted by Crippen LogP contribution is -2.44. The molecule has 0 rings (SSSR count). The second kappa shape index (κ2) is 51.1. The molecule has 69 heavy (non-hydrogen) atoms. The number of quaternary nitrogens is 1. The van der Waals surface area contributed by atoms with Gasteiger partial charge in [-0.05, 0) is 64.2 Å². The first-order valence-electron chi connectivity index (χ1n) is 28.1. The van der Waals surface area contributed by atoms with Crippen LogP contribution in [0.15, 0.2) is 72.9 Å². The molecule has 0 aromatic heterocycles. The van der Waals surface area contributed by atoms with Crippen molar-refractivity contribution in [2.75, 3.05) is 47.5 Å². The van der Waals surface area contributed by atoms with Crippen LogP contribution in [0, 0.1) is 0 Å². The molecule has 0 spiro atoms. The average Bonchev–Trinajstić information content (AvgIpc) is 3.31. The molecule has 0 saturated heterocycles. The Hall–Kier alpha value is -3.27. The van der Waals surface area contributed by atoms with Crippen molar-refractivity contribution in [3.05, 3.63) is 72.9 Å². The van der Waals surface area contributed by atoms with Crippen LogP contribution in [0.25, 0.3) is 0 Å². The first-order chi connectivity index (χ1) is 33.6. The van der Waals surface area contributed by atoms with Gasteiger partial charge in [-0.2, -0.15) is 0 Å². The number of carbonyl (C=O) groups is 3. The summed E-state index contributed by atoms with van der Waals surface area (Å²) in [5, 5.41) is 11.7. The summed E-state index contributed by atoms with van der Waals surface area (Å²) in [6.45, 7) is 4.52. The summed E-state index contributed by atoms with van der Waals surface area (Å²) in [5.41, 5.74) is 0. The fourth-order valence-electron chi connectivity index (χ4n) is 7.67. The van der Waals surface area contributed by atoms with Crippen LogP contribution in [-0.2, 0) is 33.3 Å². The van der Waals surface area contributed by atoms with Gasteiger partial charge in [0.25, 0.3) is 0 Å². The average molecular weight is 968 g/mol. The highest BCUT2D eigenvalue weighted by Gasteiger charge is 2.21. The molecule has 0 radical (unpaired) electrons. The normalized spacial score (nSPS) is 13.3. The molecule has 0 fully saturated rings. The molecular weight excluding hydrogens is 863 g/mol. The molecule has 0 aliphatic heterocycles. The van der Waals surface area contributed by atoms with Crippen molar-refractivity contribution in [2.24, 2.45) is 0 Å². The molecule has 0 aliphatic rings. The van der Waals surface area contributed by atoms with Gasteiger partial charge in [-0.25, -0.2) is 0 Å². The van der Waals surface area contributed by atoms with Crippen LogP contribution in [0.3, 0.4) is 0 Å². The van der Waals surface area contributed by atoms with E-state index in [2.05, 4.69) is 68.5 Å². The van der Waals surface area contributed by atoms with E-state index in [1.807, 2.05) is 33.3 Å². The van der Waals surface area contributed by atoms with Crippen LogP contribution < -0.4 is 5.11 Å². The monoisotopic (exact) mass is 968 g/mol.